The van der Waals surface area contributed by atoms with Crippen LogP contribution in [0.5, 0.6) is 0 Å². The average molecular weight is 247 g/mol. The zero-order valence-corrected chi connectivity index (χ0v) is 11.1. The molecular weight excluding hydrogens is 226 g/mol. The van der Waals surface area contributed by atoms with Crippen LogP contribution in [0.15, 0.2) is 30.3 Å². The molecule has 18 heavy (non-hydrogen) atoms. The van der Waals surface area contributed by atoms with Crippen LogP contribution in [0.2, 0.25) is 0 Å². The Morgan fingerprint density at radius 3 is 2.61 bits per heavy atom. The van der Waals surface area contributed by atoms with Crippen LogP contribution in [-0.4, -0.2) is 25.7 Å². The maximum atomic E-state index is 11.7. The van der Waals surface area contributed by atoms with Crippen molar-refractivity contribution in [3.8, 4) is 0 Å². The summed E-state index contributed by atoms with van der Waals surface area (Å²) in [6, 6.07) is 10.2. The molecule has 1 aliphatic carbocycles. The van der Waals surface area contributed by atoms with Gasteiger partial charge in [0.25, 0.3) is 0 Å². The molecule has 98 valence electrons. The molecule has 0 spiro atoms. The van der Waals surface area contributed by atoms with Crippen molar-refractivity contribution in [2.24, 2.45) is 5.92 Å². The maximum absolute atomic E-state index is 11.7. The molecule has 1 fully saturated rings. The number of methoxy groups -OCH3 is 1. The highest BCUT2D eigenvalue weighted by atomic mass is 16.5. The molecule has 3 nitrogen and oxygen atoms in total. The minimum Gasteiger partial charge on any atom is -0.468 e. The summed E-state index contributed by atoms with van der Waals surface area (Å²) < 4.78 is 4.85. The van der Waals surface area contributed by atoms with Crippen LogP contribution < -0.4 is 5.32 Å². The summed E-state index contributed by atoms with van der Waals surface area (Å²) >= 11 is 0. The molecule has 2 atom stereocenters. The summed E-state index contributed by atoms with van der Waals surface area (Å²) in [5, 5.41) is 3.36. The number of rotatable bonds is 6. The van der Waals surface area contributed by atoms with Crippen molar-refractivity contribution in [3.63, 3.8) is 0 Å². The lowest BCUT2D eigenvalue weighted by atomic mass is 10.0. The molecule has 0 aromatic heterocycles. The van der Waals surface area contributed by atoms with E-state index in [9.17, 15) is 4.79 Å². The van der Waals surface area contributed by atoms with Crippen LogP contribution >= 0.6 is 0 Å². The number of hydrogen-bond acceptors (Lipinski definition) is 3. The van der Waals surface area contributed by atoms with E-state index in [0.717, 1.165) is 19.4 Å². The van der Waals surface area contributed by atoms with Crippen molar-refractivity contribution in [2.75, 3.05) is 13.7 Å². The molecule has 0 aliphatic heterocycles. The van der Waals surface area contributed by atoms with Gasteiger partial charge in [0.1, 0.15) is 6.04 Å². The Labute approximate surface area is 109 Å². The van der Waals surface area contributed by atoms with E-state index in [-0.39, 0.29) is 12.0 Å². The van der Waals surface area contributed by atoms with Crippen molar-refractivity contribution in [1.29, 1.82) is 0 Å². The van der Waals surface area contributed by atoms with Gasteiger partial charge in [-0.2, -0.15) is 0 Å². The second kappa shape index (κ2) is 6.01. The van der Waals surface area contributed by atoms with Gasteiger partial charge < -0.3 is 10.1 Å². The largest absolute Gasteiger partial charge is 0.468 e. The fourth-order valence-corrected chi connectivity index (χ4v) is 2.20. The van der Waals surface area contributed by atoms with Crippen LogP contribution in [0.4, 0.5) is 0 Å². The van der Waals surface area contributed by atoms with Gasteiger partial charge in [0.05, 0.1) is 7.11 Å². The molecular formula is C15H21NO2. The van der Waals surface area contributed by atoms with Crippen molar-refractivity contribution in [3.05, 3.63) is 35.9 Å². The summed E-state index contributed by atoms with van der Waals surface area (Å²) in [7, 11) is 1.46. The van der Waals surface area contributed by atoms with Gasteiger partial charge in [-0.1, -0.05) is 37.3 Å². The number of carbonyl (C=O) groups excluding carboxylic acids is 1. The maximum Gasteiger partial charge on any atom is 0.323 e. The molecule has 0 saturated heterocycles. The van der Waals surface area contributed by atoms with Crippen LogP contribution in [0, 0.1) is 5.92 Å². The molecule has 0 amide bonds. The molecule has 1 aliphatic rings. The van der Waals surface area contributed by atoms with Gasteiger partial charge in [-0.3, -0.25) is 4.79 Å². The Morgan fingerprint density at radius 1 is 1.39 bits per heavy atom. The van der Waals surface area contributed by atoms with E-state index in [4.69, 9.17) is 4.74 Å². The van der Waals surface area contributed by atoms with Gasteiger partial charge in [0.2, 0.25) is 0 Å². The lowest BCUT2D eigenvalue weighted by Gasteiger charge is -2.19. The van der Waals surface area contributed by atoms with E-state index in [1.807, 2.05) is 18.2 Å². The Kier molecular flexibility index (Phi) is 4.37. The molecule has 3 heteroatoms. The summed E-state index contributed by atoms with van der Waals surface area (Å²) in [5.41, 5.74) is 1.30. The van der Waals surface area contributed by atoms with Crippen LogP contribution in [0.1, 0.15) is 31.2 Å². The molecule has 2 rings (SSSR count). The second-order valence-electron chi connectivity index (χ2n) is 5.06. The van der Waals surface area contributed by atoms with Crippen LogP contribution in [-0.2, 0) is 9.53 Å². The molecule has 0 bridgehead atoms. The second-order valence-corrected chi connectivity index (χ2v) is 5.06. The zero-order chi connectivity index (χ0) is 13.0. The van der Waals surface area contributed by atoms with Crippen molar-refractivity contribution >= 4 is 5.97 Å². The quantitative estimate of drug-likeness (QED) is 0.784. The molecule has 1 aromatic rings. The predicted octanol–water partition coefficient (Wildman–Crippen LogP) is 2.33. The Balaban J connectivity index is 1.87. The summed E-state index contributed by atoms with van der Waals surface area (Å²) in [6.45, 7) is 2.98. The highest BCUT2D eigenvalue weighted by Crippen LogP contribution is 2.33. The SMILES string of the molecule is COC(=O)C(NCC(C)c1ccccc1)C1CC1. The number of nitrogens with one attached hydrogen (secondary N) is 1. The first-order valence-electron chi connectivity index (χ1n) is 6.58. The van der Waals surface area contributed by atoms with Gasteiger partial charge in [-0.25, -0.2) is 0 Å². The van der Waals surface area contributed by atoms with Crippen molar-refractivity contribution in [2.45, 2.75) is 31.7 Å². The molecule has 1 N–H and O–H groups in total. The van der Waals surface area contributed by atoms with E-state index >= 15 is 0 Å². The third-order valence-corrected chi connectivity index (χ3v) is 3.56. The molecule has 0 radical (unpaired) electrons. The monoisotopic (exact) mass is 247 g/mol. The standard InChI is InChI=1S/C15H21NO2/c1-11(12-6-4-3-5-7-12)10-16-14(13-8-9-13)15(17)18-2/h3-7,11,13-14,16H,8-10H2,1-2H3. The minimum absolute atomic E-state index is 0.124. The fraction of sp³-hybridized carbons (Fsp3) is 0.533. The van der Waals surface area contributed by atoms with E-state index in [0.29, 0.717) is 11.8 Å². The Bertz CT molecular complexity index is 387. The van der Waals surface area contributed by atoms with Gasteiger partial charge in [-0.15, -0.1) is 0 Å². The van der Waals surface area contributed by atoms with Crippen LogP contribution in [0.25, 0.3) is 0 Å². The fourth-order valence-electron chi connectivity index (χ4n) is 2.20. The first-order chi connectivity index (χ1) is 8.72. The van der Waals surface area contributed by atoms with Gasteiger partial charge in [-0.05, 0) is 30.2 Å². The third kappa shape index (κ3) is 3.33. The Hall–Kier alpha value is -1.35. The lowest BCUT2D eigenvalue weighted by molar-refractivity contribution is -0.143. The average Bonchev–Trinajstić information content (AvgIpc) is 3.24. The topological polar surface area (TPSA) is 38.3 Å². The van der Waals surface area contributed by atoms with Gasteiger partial charge in [0, 0.05) is 6.54 Å². The predicted molar refractivity (Wildman–Crippen MR) is 71.4 cm³/mol. The highest BCUT2D eigenvalue weighted by Gasteiger charge is 2.36. The highest BCUT2D eigenvalue weighted by molar-refractivity contribution is 5.76. The van der Waals surface area contributed by atoms with Crippen LogP contribution in [0.3, 0.4) is 0 Å². The Morgan fingerprint density at radius 2 is 2.06 bits per heavy atom. The summed E-state index contributed by atoms with van der Waals surface area (Å²) in [4.78, 5) is 11.7. The number of ether oxygens (including phenoxy) is 1. The van der Waals surface area contributed by atoms with E-state index in [2.05, 4.69) is 24.4 Å². The van der Waals surface area contributed by atoms with Crippen molar-refractivity contribution in [1.82, 2.24) is 5.32 Å². The first-order valence-corrected chi connectivity index (χ1v) is 6.58. The molecule has 1 aromatic carbocycles. The molecule has 1 saturated carbocycles. The minimum atomic E-state index is -0.127. The van der Waals surface area contributed by atoms with Gasteiger partial charge in [0.15, 0.2) is 0 Å². The third-order valence-electron chi connectivity index (χ3n) is 3.56. The number of hydrogen-bond donors (Lipinski definition) is 1. The number of carbonyl (C=O) groups is 1. The van der Waals surface area contributed by atoms with Crippen molar-refractivity contribution < 1.29 is 9.53 Å². The van der Waals surface area contributed by atoms with E-state index in [1.165, 1.54) is 12.7 Å². The lowest BCUT2D eigenvalue weighted by Crippen LogP contribution is -2.41. The molecule has 2 unspecified atom stereocenters. The number of benzene rings is 1. The molecule has 0 heterocycles. The smallest absolute Gasteiger partial charge is 0.323 e. The van der Waals surface area contributed by atoms with Gasteiger partial charge >= 0.3 is 5.97 Å². The van der Waals surface area contributed by atoms with E-state index in [1.54, 1.807) is 0 Å². The normalized spacial score (nSPS) is 18.1. The number of esters is 1. The first kappa shape index (κ1) is 13.1. The summed E-state index contributed by atoms with van der Waals surface area (Å²) in [5.74, 6) is 0.746. The van der Waals surface area contributed by atoms with E-state index < -0.39 is 0 Å². The zero-order valence-electron chi connectivity index (χ0n) is 11.1. The summed E-state index contributed by atoms with van der Waals surface area (Å²) in [6.07, 6.45) is 2.26.